The van der Waals surface area contributed by atoms with Crippen molar-refractivity contribution < 1.29 is 14.0 Å². The summed E-state index contributed by atoms with van der Waals surface area (Å²) in [5.74, 6) is -0.0255. The summed E-state index contributed by atoms with van der Waals surface area (Å²) in [4.78, 5) is 29.5. The van der Waals surface area contributed by atoms with Crippen LogP contribution in [0.1, 0.15) is 20.8 Å². The van der Waals surface area contributed by atoms with E-state index in [-0.39, 0.29) is 17.5 Å². The molecule has 2 aromatic carbocycles. The standard InChI is InChI=1S/C23H19FN2O2S2/c24-17-7-3-4-8-18(17)25-22(27)19-12-29-13-26(19)23(28)20-11-15-10-9-14-5-1-2-6-16(14)21(15)30-20/h1-8,11,19H,9-10,12-13H2,(H,25,27). The van der Waals surface area contributed by atoms with E-state index in [1.165, 1.54) is 51.9 Å². The molecule has 3 aromatic rings. The van der Waals surface area contributed by atoms with Gasteiger partial charge in [0, 0.05) is 10.6 Å². The number of hydrogen-bond donors (Lipinski definition) is 1. The van der Waals surface area contributed by atoms with Crippen molar-refractivity contribution in [3.8, 4) is 10.4 Å². The van der Waals surface area contributed by atoms with Crippen molar-refractivity contribution in [1.82, 2.24) is 4.90 Å². The minimum absolute atomic E-state index is 0.134. The van der Waals surface area contributed by atoms with Crippen molar-refractivity contribution >= 4 is 40.6 Å². The average Bonchev–Trinajstić information content (AvgIpc) is 3.42. The van der Waals surface area contributed by atoms with Crippen LogP contribution < -0.4 is 5.32 Å². The van der Waals surface area contributed by atoms with Gasteiger partial charge in [-0.1, -0.05) is 36.4 Å². The Kier molecular flexibility index (Phi) is 5.08. The van der Waals surface area contributed by atoms with Crippen LogP contribution in [0.25, 0.3) is 10.4 Å². The van der Waals surface area contributed by atoms with Crippen LogP contribution in [0, 0.1) is 5.82 Å². The molecule has 7 heteroatoms. The third-order valence-corrected chi connectivity index (χ3v) is 7.73. The zero-order valence-electron chi connectivity index (χ0n) is 16.1. The molecule has 1 aromatic heterocycles. The van der Waals surface area contributed by atoms with Gasteiger partial charge in [0.25, 0.3) is 5.91 Å². The Morgan fingerprint density at radius 1 is 1.03 bits per heavy atom. The number of amides is 2. The number of benzene rings is 2. The average molecular weight is 439 g/mol. The third-order valence-electron chi connectivity index (χ3n) is 5.52. The van der Waals surface area contributed by atoms with E-state index in [0.717, 1.165) is 17.7 Å². The molecule has 1 unspecified atom stereocenters. The number of halogens is 1. The number of thioether (sulfide) groups is 1. The maximum atomic E-state index is 13.9. The van der Waals surface area contributed by atoms with E-state index >= 15 is 0 Å². The van der Waals surface area contributed by atoms with Crippen molar-refractivity contribution in [2.75, 3.05) is 16.9 Å². The third kappa shape index (κ3) is 3.42. The van der Waals surface area contributed by atoms with Crippen LogP contribution >= 0.6 is 23.1 Å². The summed E-state index contributed by atoms with van der Waals surface area (Å²) in [7, 11) is 0. The number of hydrogen-bond acceptors (Lipinski definition) is 4. The van der Waals surface area contributed by atoms with Crippen LogP contribution in [0.4, 0.5) is 10.1 Å². The second kappa shape index (κ2) is 7.89. The van der Waals surface area contributed by atoms with Gasteiger partial charge in [-0.25, -0.2) is 4.39 Å². The van der Waals surface area contributed by atoms with E-state index in [0.29, 0.717) is 16.5 Å². The number of carbonyl (C=O) groups excluding carboxylic acids is 2. The van der Waals surface area contributed by atoms with E-state index < -0.39 is 11.9 Å². The molecule has 0 radical (unpaired) electrons. The first-order valence-corrected chi connectivity index (χ1v) is 11.7. The molecule has 2 heterocycles. The quantitative estimate of drug-likeness (QED) is 0.639. The van der Waals surface area contributed by atoms with Gasteiger partial charge in [0.05, 0.1) is 16.4 Å². The molecule has 1 atom stereocenters. The first kappa shape index (κ1) is 19.3. The van der Waals surface area contributed by atoms with Crippen LogP contribution in [0.2, 0.25) is 0 Å². The SMILES string of the molecule is O=C(Nc1ccccc1F)C1CSCN1C(=O)c1cc2c(s1)-c1ccccc1CC2. The molecule has 1 aliphatic heterocycles. The summed E-state index contributed by atoms with van der Waals surface area (Å²) in [6.07, 6.45) is 1.89. The lowest BCUT2D eigenvalue weighted by molar-refractivity contribution is -0.119. The van der Waals surface area contributed by atoms with Crippen molar-refractivity contribution in [3.05, 3.63) is 76.4 Å². The highest BCUT2D eigenvalue weighted by atomic mass is 32.2. The lowest BCUT2D eigenvalue weighted by Crippen LogP contribution is -2.44. The predicted molar refractivity (Wildman–Crippen MR) is 119 cm³/mol. The van der Waals surface area contributed by atoms with E-state index in [9.17, 15) is 14.0 Å². The number of aryl methyl sites for hydroxylation is 2. The minimum atomic E-state index is -0.617. The van der Waals surface area contributed by atoms with E-state index in [1.54, 1.807) is 17.0 Å². The Labute approximate surface area is 182 Å². The van der Waals surface area contributed by atoms with Gasteiger partial charge < -0.3 is 10.2 Å². The number of rotatable bonds is 3. The van der Waals surface area contributed by atoms with Crippen LogP contribution in [-0.4, -0.2) is 34.4 Å². The van der Waals surface area contributed by atoms with E-state index in [1.807, 2.05) is 18.2 Å². The zero-order valence-corrected chi connectivity index (χ0v) is 17.7. The Bertz CT molecular complexity index is 1140. The number of carbonyl (C=O) groups is 2. The fourth-order valence-corrected chi connectivity index (χ4v) is 6.34. The molecule has 0 bridgehead atoms. The van der Waals surface area contributed by atoms with Crippen LogP contribution in [0.5, 0.6) is 0 Å². The van der Waals surface area contributed by atoms with Crippen molar-refractivity contribution in [3.63, 3.8) is 0 Å². The molecule has 1 N–H and O–H groups in total. The van der Waals surface area contributed by atoms with Crippen molar-refractivity contribution in [2.24, 2.45) is 0 Å². The molecule has 1 aliphatic carbocycles. The molecule has 5 rings (SSSR count). The molecule has 1 fully saturated rings. The van der Waals surface area contributed by atoms with Crippen LogP contribution in [-0.2, 0) is 17.6 Å². The highest BCUT2D eigenvalue weighted by Crippen LogP contribution is 2.40. The monoisotopic (exact) mass is 438 g/mol. The van der Waals surface area contributed by atoms with Gasteiger partial charge >= 0.3 is 0 Å². The van der Waals surface area contributed by atoms with Crippen molar-refractivity contribution in [2.45, 2.75) is 18.9 Å². The number of nitrogens with zero attached hydrogens (tertiary/aromatic N) is 1. The number of thiophene rings is 1. The molecule has 4 nitrogen and oxygen atoms in total. The first-order valence-electron chi connectivity index (χ1n) is 9.77. The fraction of sp³-hybridized carbons (Fsp3) is 0.217. The minimum Gasteiger partial charge on any atom is -0.322 e. The normalized spacial score (nSPS) is 17.4. The number of para-hydroxylation sites is 1. The summed E-state index contributed by atoms with van der Waals surface area (Å²) < 4.78 is 13.9. The van der Waals surface area contributed by atoms with E-state index in [4.69, 9.17) is 0 Å². The van der Waals surface area contributed by atoms with Gasteiger partial charge in [-0.15, -0.1) is 23.1 Å². The second-order valence-electron chi connectivity index (χ2n) is 7.38. The van der Waals surface area contributed by atoms with Crippen LogP contribution in [0.15, 0.2) is 54.6 Å². The van der Waals surface area contributed by atoms with Gasteiger partial charge in [-0.05, 0) is 47.7 Å². The summed E-state index contributed by atoms with van der Waals surface area (Å²) in [5.41, 5.74) is 3.84. The molecular weight excluding hydrogens is 419 g/mol. The lowest BCUT2D eigenvalue weighted by atomic mass is 9.91. The summed E-state index contributed by atoms with van der Waals surface area (Å²) in [5, 5.41) is 2.63. The molecule has 152 valence electrons. The predicted octanol–water partition coefficient (Wildman–Crippen LogP) is 4.81. The van der Waals surface area contributed by atoms with E-state index in [2.05, 4.69) is 17.4 Å². The Hall–Kier alpha value is -2.64. The highest BCUT2D eigenvalue weighted by molar-refractivity contribution is 7.99. The number of anilines is 1. The largest absolute Gasteiger partial charge is 0.322 e. The van der Waals surface area contributed by atoms with Gasteiger partial charge in [0.2, 0.25) is 5.91 Å². The molecule has 2 aliphatic rings. The molecule has 0 saturated carbocycles. The van der Waals surface area contributed by atoms with Crippen molar-refractivity contribution in [1.29, 1.82) is 0 Å². The maximum Gasteiger partial charge on any atom is 0.265 e. The molecule has 2 amide bonds. The Balaban J connectivity index is 1.38. The topological polar surface area (TPSA) is 49.4 Å². The number of nitrogens with one attached hydrogen (secondary N) is 1. The van der Waals surface area contributed by atoms with Gasteiger partial charge in [-0.3, -0.25) is 9.59 Å². The van der Waals surface area contributed by atoms with Gasteiger partial charge in [0.15, 0.2) is 0 Å². The Morgan fingerprint density at radius 2 is 1.80 bits per heavy atom. The summed E-state index contributed by atoms with van der Waals surface area (Å²) in [6, 6.07) is 15.7. The highest BCUT2D eigenvalue weighted by Gasteiger charge is 2.36. The lowest BCUT2D eigenvalue weighted by Gasteiger charge is -2.22. The Morgan fingerprint density at radius 3 is 2.67 bits per heavy atom. The second-order valence-corrected chi connectivity index (χ2v) is 9.43. The first-order chi connectivity index (χ1) is 14.6. The maximum absolute atomic E-state index is 13.9. The molecule has 0 spiro atoms. The zero-order chi connectivity index (χ0) is 20.7. The molecular formula is C23H19FN2O2S2. The summed E-state index contributed by atoms with van der Waals surface area (Å²) in [6.45, 7) is 0. The molecule has 1 saturated heterocycles. The fourth-order valence-electron chi connectivity index (χ4n) is 3.96. The smallest absolute Gasteiger partial charge is 0.265 e. The molecule has 30 heavy (non-hydrogen) atoms. The van der Waals surface area contributed by atoms with Gasteiger partial charge in [0.1, 0.15) is 11.9 Å². The summed E-state index contributed by atoms with van der Waals surface area (Å²) >= 11 is 3.04. The van der Waals surface area contributed by atoms with Crippen LogP contribution in [0.3, 0.4) is 0 Å². The van der Waals surface area contributed by atoms with Gasteiger partial charge in [-0.2, -0.15) is 0 Å². The number of fused-ring (bicyclic) bond motifs is 3.